The van der Waals surface area contributed by atoms with Crippen molar-refractivity contribution in [1.29, 1.82) is 0 Å². The SMILES string of the molecule is C=C1CC[C@@H](OC/C2=C\C(=O)C[C@H](C)[C@H]3CC(C)(C)[C@@H]3CC2)C(=C)C(=O)C[C@@H]2[C@@H]1CC2(C)C. The number of fused-ring (bicyclic) bond motifs is 2. The molecule has 0 radical (unpaired) electrons. The largest absolute Gasteiger partial charge is 0.369 e. The molecule has 33 heavy (non-hydrogen) atoms. The average Bonchev–Trinajstić information content (AvgIpc) is 2.79. The summed E-state index contributed by atoms with van der Waals surface area (Å²) in [5, 5.41) is 0. The topological polar surface area (TPSA) is 43.4 Å². The third-order valence-corrected chi connectivity index (χ3v) is 9.79. The highest BCUT2D eigenvalue weighted by Crippen LogP contribution is 2.57. The van der Waals surface area contributed by atoms with Gasteiger partial charge in [-0.25, -0.2) is 0 Å². The van der Waals surface area contributed by atoms with E-state index >= 15 is 0 Å². The Morgan fingerprint density at radius 3 is 2.33 bits per heavy atom. The van der Waals surface area contributed by atoms with Gasteiger partial charge in [0, 0.05) is 18.4 Å². The highest BCUT2D eigenvalue weighted by molar-refractivity contribution is 5.96. The minimum absolute atomic E-state index is 0.143. The third kappa shape index (κ3) is 4.85. The minimum atomic E-state index is -0.287. The van der Waals surface area contributed by atoms with Crippen molar-refractivity contribution in [2.45, 2.75) is 92.1 Å². The Kier molecular flexibility index (Phi) is 6.68. The number of hydrogen-bond acceptors (Lipinski definition) is 3. The van der Waals surface area contributed by atoms with Crippen molar-refractivity contribution in [1.82, 2.24) is 0 Å². The van der Waals surface area contributed by atoms with Gasteiger partial charge in [-0.2, -0.15) is 0 Å². The van der Waals surface area contributed by atoms with Crippen LogP contribution in [0.4, 0.5) is 0 Å². The van der Waals surface area contributed by atoms with Crippen molar-refractivity contribution in [2.24, 2.45) is 40.4 Å². The van der Waals surface area contributed by atoms with E-state index < -0.39 is 0 Å². The minimum Gasteiger partial charge on any atom is -0.369 e. The second kappa shape index (κ2) is 8.95. The number of carbonyl (C=O) groups is 2. The van der Waals surface area contributed by atoms with Crippen LogP contribution in [0.3, 0.4) is 0 Å². The zero-order chi connectivity index (χ0) is 24.1. The Labute approximate surface area is 201 Å². The maximum atomic E-state index is 13.1. The van der Waals surface area contributed by atoms with E-state index in [0.29, 0.717) is 60.0 Å². The van der Waals surface area contributed by atoms with Gasteiger partial charge in [0.25, 0.3) is 0 Å². The predicted octanol–water partition coefficient (Wildman–Crippen LogP) is 6.88. The van der Waals surface area contributed by atoms with E-state index in [4.69, 9.17) is 4.74 Å². The molecule has 6 atom stereocenters. The number of hydrogen-bond donors (Lipinski definition) is 0. The van der Waals surface area contributed by atoms with Gasteiger partial charge < -0.3 is 4.74 Å². The molecule has 182 valence electrons. The number of ether oxygens (including phenoxy) is 1. The van der Waals surface area contributed by atoms with Crippen LogP contribution in [0.5, 0.6) is 0 Å². The Morgan fingerprint density at radius 2 is 1.67 bits per heavy atom. The van der Waals surface area contributed by atoms with E-state index in [0.717, 1.165) is 37.7 Å². The fourth-order valence-electron chi connectivity index (χ4n) is 7.47. The molecule has 0 aromatic heterocycles. The third-order valence-electron chi connectivity index (χ3n) is 9.79. The van der Waals surface area contributed by atoms with E-state index in [1.807, 2.05) is 6.08 Å². The molecule has 3 nitrogen and oxygen atoms in total. The molecule has 0 spiro atoms. The zero-order valence-electron chi connectivity index (χ0n) is 21.5. The molecule has 0 amide bonds. The summed E-state index contributed by atoms with van der Waals surface area (Å²) in [5.74, 6) is 2.96. The van der Waals surface area contributed by atoms with Crippen LogP contribution in [0.1, 0.15) is 86.0 Å². The van der Waals surface area contributed by atoms with Crippen LogP contribution in [0.15, 0.2) is 36.0 Å². The Balaban J connectivity index is 1.43. The highest BCUT2D eigenvalue weighted by Gasteiger charge is 2.50. The molecule has 0 heterocycles. The van der Waals surface area contributed by atoms with Gasteiger partial charge in [-0.05, 0) is 90.6 Å². The van der Waals surface area contributed by atoms with Gasteiger partial charge >= 0.3 is 0 Å². The van der Waals surface area contributed by atoms with E-state index in [9.17, 15) is 9.59 Å². The van der Waals surface area contributed by atoms with Crippen LogP contribution in [0.25, 0.3) is 0 Å². The maximum Gasteiger partial charge on any atom is 0.161 e. The van der Waals surface area contributed by atoms with Gasteiger partial charge in [-0.3, -0.25) is 9.59 Å². The van der Waals surface area contributed by atoms with Crippen molar-refractivity contribution in [2.75, 3.05) is 6.61 Å². The van der Waals surface area contributed by atoms with Gasteiger partial charge in [0.2, 0.25) is 0 Å². The van der Waals surface area contributed by atoms with E-state index in [1.165, 1.54) is 12.0 Å². The van der Waals surface area contributed by atoms with Gasteiger partial charge in [-0.15, -0.1) is 0 Å². The first kappa shape index (κ1) is 24.6. The monoisotopic (exact) mass is 452 g/mol. The zero-order valence-corrected chi connectivity index (χ0v) is 21.5. The predicted molar refractivity (Wildman–Crippen MR) is 134 cm³/mol. The lowest BCUT2D eigenvalue weighted by Gasteiger charge is -2.54. The highest BCUT2D eigenvalue weighted by atomic mass is 16.5. The van der Waals surface area contributed by atoms with E-state index in [1.54, 1.807) is 0 Å². The van der Waals surface area contributed by atoms with Gasteiger partial charge in [0.15, 0.2) is 11.6 Å². The van der Waals surface area contributed by atoms with E-state index in [-0.39, 0.29) is 23.1 Å². The van der Waals surface area contributed by atoms with Crippen molar-refractivity contribution >= 4 is 11.6 Å². The molecule has 4 rings (SSSR count). The summed E-state index contributed by atoms with van der Waals surface area (Å²) in [4.78, 5) is 25.8. The van der Waals surface area contributed by atoms with Gasteiger partial charge in [-0.1, -0.05) is 53.3 Å². The molecule has 3 heteroatoms. The normalized spacial score (nSPS) is 40.2. The molecule has 3 saturated carbocycles. The lowest BCUT2D eigenvalue weighted by molar-refractivity contribution is -0.121. The molecule has 0 saturated heterocycles. The van der Waals surface area contributed by atoms with Crippen LogP contribution in [-0.2, 0) is 14.3 Å². The summed E-state index contributed by atoms with van der Waals surface area (Å²) >= 11 is 0. The van der Waals surface area contributed by atoms with Crippen LogP contribution in [-0.4, -0.2) is 24.3 Å². The summed E-state index contributed by atoms with van der Waals surface area (Å²) in [6.45, 7) is 20.5. The van der Waals surface area contributed by atoms with Crippen molar-refractivity contribution in [3.8, 4) is 0 Å². The van der Waals surface area contributed by atoms with Crippen LogP contribution < -0.4 is 0 Å². The second-order valence-electron chi connectivity index (χ2n) is 13.0. The Morgan fingerprint density at radius 1 is 0.970 bits per heavy atom. The molecule has 0 unspecified atom stereocenters. The summed E-state index contributed by atoms with van der Waals surface area (Å²) in [6.07, 6.45) is 8.73. The first-order valence-corrected chi connectivity index (χ1v) is 13.1. The van der Waals surface area contributed by atoms with Crippen molar-refractivity contribution in [3.05, 3.63) is 36.0 Å². The molecular weight excluding hydrogens is 408 g/mol. The summed E-state index contributed by atoms with van der Waals surface area (Å²) < 4.78 is 6.35. The molecule has 0 aromatic rings. The molecule has 0 bridgehead atoms. The lowest BCUT2D eigenvalue weighted by atomic mass is 9.51. The Hall–Kier alpha value is -1.48. The summed E-state index contributed by atoms with van der Waals surface area (Å²) in [6, 6.07) is 0. The number of carbonyl (C=O) groups excluding carboxylic acids is 2. The van der Waals surface area contributed by atoms with E-state index in [2.05, 4.69) is 47.8 Å². The molecule has 4 aliphatic rings. The molecule has 0 aromatic carbocycles. The second-order valence-corrected chi connectivity index (χ2v) is 13.0. The quantitative estimate of drug-likeness (QED) is 0.346. The molecule has 0 aliphatic heterocycles. The number of rotatable bonds is 3. The van der Waals surface area contributed by atoms with Crippen LogP contribution in [0.2, 0.25) is 0 Å². The number of Topliss-reactive ketones (excluding diaryl/α,β-unsaturated/α-hetero) is 1. The summed E-state index contributed by atoms with van der Waals surface area (Å²) in [7, 11) is 0. The molecule has 0 N–H and O–H groups in total. The van der Waals surface area contributed by atoms with Gasteiger partial charge in [0.1, 0.15) is 0 Å². The average molecular weight is 453 g/mol. The van der Waals surface area contributed by atoms with Crippen LogP contribution in [0, 0.1) is 40.4 Å². The smallest absolute Gasteiger partial charge is 0.161 e. The Bertz CT molecular complexity index is 873. The van der Waals surface area contributed by atoms with Crippen molar-refractivity contribution < 1.29 is 14.3 Å². The lowest BCUT2D eigenvalue weighted by Crippen LogP contribution is -2.46. The fraction of sp³-hybridized carbons (Fsp3) is 0.733. The number of allylic oxidation sites excluding steroid dienone is 2. The fourth-order valence-corrected chi connectivity index (χ4v) is 7.47. The molecular formula is C30H44O3. The molecule has 4 aliphatic carbocycles. The van der Waals surface area contributed by atoms with Gasteiger partial charge in [0.05, 0.1) is 12.7 Å². The van der Waals surface area contributed by atoms with Crippen molar-refractivity contribution in [3.63, 3.8) is 0 Å². The first-order valence-electron chi connectivity index (χ1n) is 13.1. The first-order chi connectivity index (χ1) is 15.4. The molecule has 3 fully saturated rings. The number of ketones is 2. The standard InChI is InChI=1S/C30H44O3/c1-18-8-11-28(20(3)27(32)14-26-23(18)15-30(26,6)7)33-17-21-9-10-25-24(16-29(25,4)5)19(2)12-22(31)13-21/h13,19,23-26,28H,1,3,8-12,14-17H2,2,4-7H3/b21-13-/t19-,23+,24+,25+,26+,28+/m0/s1. The summed E-state index contributed by atoms with van der Waals surface area (Å²) in [5.41, 5.74) is 3.51. The van der Waals surface area contributed by atoms with Crippen LogP contribution >= 0.6 is 0 Å². The maximum absolute atomic E-state index is 13.1.